The number of fused-ring (bicyclic) bond motifs is 1. The van der Waals surface area contributed by atoms with E-state index in [1.807, 2.05) is 11.8 Å². The van der Waals surface area contributed by atoms with Gasteiger partial charge in [0, 0.05) is 37.9 Å². The van der Waals surface area contributed by atoms with Gasteiger partial charge in [0.2, 0.25) is 20.9 Å². The molecule has 16 heteroatoms. The lowest BCUT2D eigenvalue weighted by Gasteiger charge is -2.38. The molecule has 0 spiro atoms. The number of rotatable bonds is 7. The second-order valence-electron chi connectivity index (χ2n) is 10.7. The second kappa shape index (κ2) is 8.84. The first-order chi connectivity index (χ1) is 18.3. The van der Waals surface area contributed by atoms with Gasteiger partial charge in [-0.15, -0.1) is 10.2 Å². The van der Waals surface area contributed by atoms with Gasteiger partial charge in [-0.1, -0.05) is 11.3 Å². The lowest BCUT2D eigenvalue weighted by Crippen LogP contribution is -2.51. The Kier molecular flexibility index (Phi) is 5.99. The predicted molar refractivity (Wildman–Crippen MR) is 135 cm³/mol. The van der Waals surface area contributed by atoms with E-state index in [1.165, 1.54) is 22.9 Å². The lowest BCUT2D eigenvalue weighted by molar-refractivity contribution is -0.139. The number of halogens is 3. The molecule has 3 aromatic heterocycles. The molecular weight excluding hydrogens is 559 g/mol. The fourth-order valence-electron chi connectivity index (χ4n) is 4.79. The number of piperazine rings is 1. The van der Waals surface area contributed by atoms with E-state index in [1.54, 1.807) is 4.90 Å². The van der Waals surface area contributed by atoms with Crippen LogP contribution in [-0.4, -0.2) is 82.2 Å². The third-order valence-corrected chi connectivity index (χ3v) is 10.2. The topological polar surface area (TPSA) is 133 Å². The van der Waals surface area contributed by atoms with Crippen LogP contribution in [0.5, 0.6) is 0 Å². The van der Waals surface area contributed by atoms with Gasteiger partial charge < -0.3 is 14.9 Å². The molecule has 0 bridgehead atoms. The summed E-state index contributed by atoms with van der Waals surface area (Å²) < 4.78 is 70.4. The van der Waals surface area contributed by atoms with E-state index in [9.17, 15) is 31.5 Å². The maximum absolute atomic E-state index is 13.3. The molecule has 3 aliphatic rings. The number of amides is 1. The van der Waals surface area contributed by atoms with E-state index >= 15 is 0 Å². The van der Waals surface area contributed by atoms with E-state index in [-0.39, 0.29) is 28.2 Å². The predicted octanol–water partition coefficient (Wildman–Crippen LogP) is 2.12. The number of imidazole rings is 1. The van der Waals surface area contributed by atoms with Crippen molar-refractivity contribution in [2.75, 3.05) is 37.7 Å². The molecule has 1 saturated heterocycles. The Morgan fingerprint density at radius 3 is 2.41 bits per heavy atom. The van der Waals surface area contributed by atoms with Crippen molar-refractivity contribution in [2.45, 2.75) is 49.2 Å². The number of carbonyl (C=O) groups is 1. The van der Waals surface area contributed by atoms with Crippen LogP contribution in [-0.2, 0) is 21.0 Å². The Morgan fingerprint density at radius 1 is 1.15 bits per heavy atom. The summed E-state index contributed by atoms with van der Waals surface area (Å²) in [5, 5.41) is 15.3. The number of carbonyl (C=O) groups excluding carboxylic acids is 1. The number of aliphatic hydroxyl groups excluding tert-OH is 1. The molecule has 11 nitrogen and oxygen atoms in total. The van der Waals surface area contributed by atoms with Crippen molar-refractivity contribution in [2.24, 2.45) is 5.41 Å². The van der Waals surface area contributed by atoms with E-state index in [2.05, 4.69) is 19.9 Å². The van der Waals surface area contributed by atoms with E-state index < -0.39 is 32.2 Å². The minimum atomic E-state index is -4.67. The van der Waals surface area contributed by atoms with Gasteiger partial charge in [-0.2, -0.15) is 13.2 Å². The number of pyridine rings is 1. The Balaban J connectivity index is 1.38. The van der Waals surface area contributed by atoms with E-state index in [4.69, 9.17) is 0 Å². The van der Waals surface area contributed by atoms with E-state index in [0.29, 0.717) is 74.4 Å². The highest BCUT2D eigenvalue weighted by Crippen LogP contribution is 2.47. The zero-order valence-electron chi connectivity index (χ0n) is 20.9. The number of anilines is 1. The first-order valence-electron chi connectivity index (χ1n) is 12.5. The molecule has 210 valence electrons. The van der Waals surface area contributed by atoms with Crippen molar-refractivity contribution in [3.05, 3.63) is 23.5 Å². The number of hydrogen-bond acceptors (Lipinski definition) is 9. The first kappa shape index (κ1) is 26.4. The molecular formula is C23H26F3N7O4S2. The molecule has 2 saturated carbocycles. The highest BCUT2D eigenvalue weighted by atomic mass is 32.2. The third-order valence-electron chi connectivity index (χ3n) is 7.66. The third kappa shape index (κ3) is 4.76. The molecule has 0 radical (unpaired) electrons. The Morgan fingerprint density at radius 2 is 1.85 bits per heavy atom. The maximum atomic E-state index is 13.3. The van der Waals surface area contributed by atoms with Crippen LogP contribution >= 0.6 is 11.3 Å². The van der Waals surface area contributed by atoms with Gasteiger partial charge in [-0.05, 0) is 38.7 Å². The molecule has 6 rings (SSSR count). The van der Waals surface area contributed by atoms with Crippen LogP contribution < -0.4 is 9.62 Å². The molecule has 3 fully saturated rings. The summed E-state index contributed by atoms with van der Waals surface area (Å²) in [4.78, 5) is 20.8. The van der Waals surface area contributed by atoms with Crippen molar-refractivity contribution < 1.29 is 31.5 Å². The zero-order valence-corrected chi connectivity index (χ0v) is 22.5. The molecule has 3 aromatic rings. The highest BCUT2D eigenvalue weighted by molar-refractivity contribution is 7.89. The minimum Gasteiger partial charge on any atom is -0.395 e. The van der Waals surface area contributed by atoms with Crippen LogP contribution in [0.3, 0.4) is 0 Å². The van der Waals surface area contributed by atoms with Crippen molar-refractivity contribution in [3.8, 4) is 10.8 Å². The summed E-state index contributed by atoms with van der Waals surface area (Å²) in [6.07, 6.45) is 0.862. The summed E-state index contributed by atoms with van der Waals surface area (Å²) in [5.74, 6) is -0.0299. The summed E-state index contributed by atoms with van der Waals surface area (Å²) in [6, 6.07) is 1.53. The first-order valence-corrected chi connectivity index (χ1v) is 14.8. The maximum Gasteiger partial charge on any atom is 0.445 e. The van der Waals surface area contributed by atoms with Crippen LogP contribution in [0, 0.1) is 5.41 Å². The molecule has 0 unspecified atom stereocenters. The monoisotopic (exact) mass is 585 g/mol. The highest BCUT2D eigenvalue weighted by Gasteiger charge is 2.51. The van der Waals surface area contributed by atoms with Crippen LogP contribution in [0.15, 0.2) is 23.4 Å². The van der Waals surface area contributed by atoms with Crippen molar-refractivity contribution in [1.29, 1.82) is 0 Å². The Labute approximate surface area is 225 Å². The number of aliphatic hydroxyl groups is 1. The quantitative estimate of drug-likeness (QED) is 0.431. The summed E-state index contributed by atoms with van der Waals surface area (Å²) >= 11 is 0.327. The number of alkyl halides is 3. The number of hydrogen-bond donors (Lipinski definition) is 2. The summed E-state index contributed by atoms with van der Waals surface area (Å²) in [5.41, 5.74) is -0.206. The molecule has 4 heterocycles. The molecule has 39 heavy (non-hydrogen) atoms. The number of nitrogens with zero attached hydrogens (tertiary/aromatic N) is 6. The SMILES string of the molecule is CC1(NS(=O)(=O)c2cc(N3CCN(C(=O)C4(CO)CC4)CC3)c3cnc(-c4nnc(C(F)(F)F)s4)n3c2)CC1. The van der Waals surface area contributed by atoms with Gasteiger partial charge in [-0.3, -0.25) is 9.20 Å². The lowest BCUT2D eigenvalue weighted by atomic mass is 10.1. The minimum absolute atomic E-state index is 0.0429. The standard InChI is InChI=1S/C23H26F3N7O4S2/c1-21(2-3-21)30-39(36,37)14-10-15(31-6-8-32(9-7-31)20(35)22(13-34)4-5-22)16-11-27-17(33(16)12-14)18-28-29-19(38-18)23(24,25)26/h10-12,30,34H,2-9,13H2,1H3. The van der Waals surface area contributed by atoms with E-state index in [0.717, 1.165) is 0 Å². The van der Waals surface area contributed by atoms with Crippen molar-refractivity contribution in [3.63, 3.8) is 0 Å². The average molecular weight is 586 g/mol. The fourth-order valence-corrected chi connectivity index (χ4v) is 6.98. The Bertz CT molecular complexity index is 1550. The van der Waals surface area contributed by atoms with Gasteiger partial charge in [0.05, 0.1) is 29.4 Å². The normalized spacial score (nSPS) is 20.4. The van der Waals surface area contributed by atoms with Gasteiger partial charge in [0.1, 0.15) is 4.90 Å². The van der Waals surface area contributed by atoms with Gasteiger partial charge >= 0.3 is 6.18 Å². The molecule has 1 aliphatic heterocycles. The van der Waals surface area contributed by atoms with Crippen LogP contribution in [0.4, 0.5) is 18.9 Å². The second-order valence-corrected chi connectivity index (χ2v) is 13.4. The Hall–Kier alpha value is -2.82. The smallest absolute Gasteiger partial charge is 0.395 e. The zero-order chi connectivity index (χ0) is 27.8. The summed E-state index contributed by atoms with van der Waals surface area (Å²) in [7, 11) is -3.97. The molecule has 2 aliphatic carbocycles. The van der Waals surface area contributed by atoms with Crippen LogP contribution in [0.2, 0.25) is 0 Å². The van der Waals surface area contributed by atoms with Gasteiger partial charge in [0.25, 0.3) is 0 Å². The molecule has 1 amide bonds. The number of sulfonamides is 1. The molecule has 0 atom stereocenters. The number of nitrogens with one attached hydrogen (secondary N) is 1. The van der Waals surface area contributed by atoms with Gasteiger partial charge in [0.15, 0.2) is 10.8 Å². The van der Waals surface area contributed by atoms with Crippen LogP contribution in [0.1, 0.15) is 37.6 Å². The molecule has 2 N–H and O–H groups in total. The van der Waals surface area contributed by atoms with Crippen molar-refractivity contribution in [1.82, 2.24) is 29.2 Å². The molecule has 0 aromatic carbocycles. The van der Waals surface area contributed by atoms with Crippen LogP contribution in [0.25, 0.3) is 16.3 Å². The fraction of sp³-hybridized carbons (Fsp3) is 0.565. The van der Waals surface area contributed by atoms with Crippen molar-refractivity contribution >= 4 is 38.5 Å². The average Bonchev–Trinajstić information content (AvgIpc) is 3.71. The largest absolute Gasteiger partial charge is 0.445 e. The van der Waals surface area contributed by atoms with Gasteiger partial charge in [-0.25, -0.2) is 18.1 Å². The summed E-state index contributed by atoms with van der Waals surface area (Å²) in [6.45, 7) is 3.18. The number of aromatic nitrogens is 4.